The van der Waals surface area contributed by atoms with Crippen LogP contribution in [-0.4, -0.2) is 31.6 Å². The maximum Gasteiger partial charge on any atom is 0.264 e. The molecule has 0 saturated heterocycles. The first kappa shape index (κ1) is 19.0. The van der Waals surface area contributed by atoms with Crippen LogP contribution >= 0.6 is 11.3 Å². The Morgan fingerprint density at radius 2 is 1.78 bits per heavy atom. The van der Waals surface area contributed by atoms with Gasteiger partial charge in [0.25, 0.3) is 15.9 Å². The molecule has 3 aromatic rings. The quantitative estimate of drug-likeness (QED) is 0.707. The van der Waals surface area contributed by atoms with E-state index in [-0.39, 0.29) is 10.5 Å². The van der Waals surface area contributed by atoms with Crippen molar-refractivity contribution in [1.29, 1.82) is 0 Å². The molecule has 0 bridgehead atoms. The predicted octanol–water partition coefficient (Wildman–Crippen LogP) is 3.23. The lowest BCUT2D eigenvalue weighted by atomic mass is 10.2. The highest BCUT2D eigenvalue weighted by atomic mass is 32.2. The summed E-state index contributed by atoms with van der Waals surface area (Å²) in [5.74, 6) is -0.443. The topological polar surface area (TPSA) is 92.3 Å². The van der Waals surface area contributed by atoms with Crippen molar-refractivity contribution in [1.82, 2.24) is 10.2 Å². The van der Waals surface area contributed by atoms with Crippen LogP contribution in [0.4, 0.5) is 10.8 Å². The Bertz CT molecular complexity index is 1080. The van der Waals surface area contributed by atoms with Crippen LogP contribution in [0.5, 0.6) is 0 Å². The number of anilines is 2. The minimum Gasteiger partial charge on any atom is -0.296 e. The van der Waals surface area contributed by atoms with Crippen molar-refractivity contribution in [3.8, 4) is 0 Å². The van der Waals surface area contributed by atoms with Gasteiger partial charge in [0.15, 0.2) is 0 Å². The van der Waals surface area contributed by atoms with Crippen molar-refractivity contribution in [3.05, 3.63) is 64.7 Å². The van der Waals surface area contributed by atoms with Crippen LogP contribution in [0.2, 0.25) is 0 Å². The number of carbonyl (C=O) groups is 1. The van der Waals surface area contributed by atoms with E-state index in [9.17, 15) is 13.2 Å². The van der Waals surface area contributed by atoms with E-state index in [2.05, 4.69) is 15.5 Å². The molecule has 0 aliphatic carbocycles. The summed E-state index contributed by atoms with van der Waals surface area (Å²) < 4.78 is 27.0. The Balaban J connectivity index is 1.87. The van der Waals surface area contributed by atoms with Gasteiger partial charge in [-0.3, -0.25) is 14.4 Å². The second-order valence-corrected chi connectivity index (χ2v) is 9.07. The highest BCUT2D eigenvalue weighted by molar-refractivity contribution is 7.92. The molecule has 0 spiro atoms. The molecule has 140 valence electrons. The van der Waals surface area contributed by atoms with Crippen molar-refractivity contribution in [2.75, 3.05) is 16.7 Å². The normalized spacial score (nSPS) is 11.2. The molecule has 0 aliphatic rings. The summed E-state index contributed by atoms with van der Waals surface area (Å²) in [5.41, 5.74) is 1.80. The third-order valence-electron chi connectivity index (χ3n) is 3.90. The molecule has 0 aliphatic heterocycles. The average molecular weight is 403 g/mol. The average Bonchev–Trinajstić information content (AvgIpc) is 3.06. The summed E-state index contributed by atoms with van der Waals surface area (Å²) in [5, 5.41) is 11.4. The first-order chi connectivity index (χ1) is 12.8. The van der Waals surface area contributed by atoms with Gasteiger partial charge in [-0.1, -0.05) is 35.1 Å². The van der Waals surface area contributed by atoms with Crippen LogP contribution in [0.1, 0.15) is 20.9 Å². The van der Waals surface area contributed by atoms with Crippen molar-refractivity contribution < 1.29 is 13.2 Å². The molecule has 27 heavy (non-hydrogen) atoms. The fraction of sp³-hybridized carbons (Fsp3) is 0.167. The zero-order chi connectivity index (χ0) is 19.6. The summed E-state index contributed by atoms with van der Waals surface area (Å²) in [4.78, 5) is 12.4. The molecular formula is C18H18N4O3S2. The van der Waals surface area contributed by atoms with Gasteiger partial charge >= 0.3 is 0 Å². The van der Waals surface area contributed by atoms with Gasteiger partial charge in [-0.2, -0.15) is 0 Å². The highest BCUT2D eigenvalue weighted by Gasteiger charge is 2.22. The first-order valence-corrected chi connectivity index (χ1v) is 10.3. The van der Waals surface area contributed by atoms with Crippen LogP contribution in [0.25, 0.3) is 0 Å². The molecule has 0 atom stereocenters. The van der Waals surface area contributed by atoms with Crippen LogP contribution in [-0.2, 0) is 10.0 Å². The Labute approximate surface area is 161 Å². The minimum atomic E-state index is -3.80. The zero-order valence-electron chi connectivity index (χ0n) is 15.0. The first-order valence-electron chi connectivity index (χ1n) is 8.04. The van der Waals surface area contributed by atoms with Gasteiger partial charge < -0.3 is 0 Å². The molecule has 1 aromatic heterocycles. The van der Waals surface area contributed by atoms with Gasteiger partial charge in [0, 0.05) is 12.6 Å². The van der Waals surface area contributed by atoms with Gasteiger partial charge in [0.1, 0.15) is 5.01 Å². The van der Waals surface area contributed by atoms with Crippen LogP contribution in [0.15, 0.2) is 53.4 Å². The fourth-order valence-corrected chi connectivity index (χ4v) is 4.19. The van der Waals surface area contributed by atoms with E-state index in [4.69, 9.17) is 0 Å². The Morgan fingerprint density at radius 3 is 2.41 bits per heavy atom. The molecule has 2 aromatic carbocycles. The number of amides is 1. The lowest BCUT2D eigenvalue weighted by molar-refractivity contribution is 0.102. The van der Waals surface area contributed by atoms with Crippen molar-refractivity contribution in [2.45, 2.75) is 18.7 Å². The van der Waals surface area contributed by atoms with Gasteiger partial charge in [-0.15, -0.1) is 10.2 Å². The molecule has 0 unspecified atom stereocenters. The van der Waals surface area contributed by atoms with Crippen LogP contribution in [0, 0.1) is 13.8 Å². The number of aryl methyl sites for hydroxylation is 2. The zero-order valence-corrected chi connectivity index (χ0v) is 16.6. The summed E-state index contributed by atoms with van der Waals surface area (Å²) >= 11 is 1.24. The minimum absolute atomic E-state index is 0.0340. The predicted molar refractivity (Wildman–Crippen MR) is 106 cm³/mol. The third kappa shape index (κ3) is 4.15. The second kappa shape index (κ2) is 7.45. The van der Waals surface area contributed by atoms with Gasteiger partial charge in [-0.05, 0) is 44.2 Å². The number of nitrogens with one attached hydrogen (secondary N) is 1. The molecule has 0 radical (unpaired) electrons. The summed E-state index contributed by atoms with van der Waals surface area (Å²) in [6.45, 7) is 3.71. The van der Waals surface area contributed by atoms with Crippen molar-refractivity contribution in [2.24, 2.45) is 0 Å². The SMILES string of the molecule is Cc1ccc(N(C)S(=O)(=O)c2cccc(C(=O)Nc3nnc(C)s3)c2)cc1. The summed E-state index contributed by atoms with van der Waals surface area (Å²) in [6, 6.07) is 13.1. The smallest absolute Gasteiger partial charge is 0.264 e. The van der Waals surface area contributed by atoms with E-state index < -0.39 is 15.9 Å². The fourth-order valence-electron chi connectivity index (χ4n) is 2.37. The Morgan fingerprint density at radius 1 is 1.07 bits per heavy atom. The van der Waals surface area contributed by atoms with Gasteiger partial charge in [0.2, 0.25) is 5.13 Å². The molecule has 0 saturated carbocycles. The number of hydrogen-bond acceptors (Lipinski definition) is 6. The molecule has 9 heteroatoms. The highest BCUT2D eigenvalue weighted by Crippen LogP contribution is 2.23. The Kier molecular flexibility index (Phi) is 5.24. The maximum absolute atomic E-state index is 12.9. The third-order valence-corrected chi connectivity index (χ3v) is 6.43. The molecule has 1 N–H and O–H groups in total. The van der Waals surface area contributed by atoms with Crippen molar-refractivity contribution in [3.63, 3.8) is 0 Å². The van der Waals surface area contributed by atoms with E-state index >= 15 is 0 Å². The number of nitrogens with zero attached hydrogens (tertiary/aromatic N) is 3. The Hall–Kier alpha value is -2.78. The second-order valence-electron chi connectivity index (χ2n) is 5.92. The molecule has 3 rings (SSSR count). The van der Waals surface area contributed by atoms with E-state index in [0.717, 1.165) is 10.6 Å². The summed E-state index contributed by atoms with van der Waals surface area (Å²) in [7, 11) is -2.32. The lowest BCUT2D eigenvalue weighted by Gasteiger charge is -2.20. The maximum atomic E-state index is 12.9. The van der Waals surface area contributed by atoms with Crippen molar-refractivity contribution >= 4 is 38.1 Å². The van der Waals surface area contributed by atoms with Crippen LogP contribution < -0.4 is 9.62 Å². The summed E-state index contributed by atoms with van der Waals surface area (Å²) in [6.07, 6.45) is 0. The molecule has 1 heterocycles. The number of hydrogen-bond donors (Lipinski definition) is 1. The molecule has 1 amide bonds. The number of sulfonamides is 1. The van der Waals surface area contributed by atoms with E-state index in [1.54, 1.807) is 25.1 Å². The van der Waals surface area contributed by atoms with E-state index in [0.29, 0.717) is 10.8 Å². The standard InChI is InChI=1S/C18H18N4O3S2/c1-12-7-9-15(10-8-12)22(3)27(24,25)16-6-4-5-14(11-16)17(23)19-18-21-20-13(2)26-18/h4-11H,1-3H3,(H,19,21,23). The lowest BCUT2D eigenvalue weighted by Crippen LogP contribution is -2.26. The monoisotopic (exact) mass is 402 g/mol. The van der Waals surface area contributed by atoms with Crippen LogP contribution in [0.3, 0.4) is 0 Å². The van der Waals surface area contributed by atoms with E-state index in [1.807, 2.05) is 19.1 Å². The van der Waals surface area contributed by atoms with Gasteiger partial charge in [-0.25, -0.2) is 8.42 Å². The largest absolute Gasteiger partial charge is 0.296 e. The molecular weight excluding hydrogens is 384 g/mol. The van der Waals surface area contributed by atoms with E-state index in [1.165, 1.54) is 40.9 Å². The molecule has 0 fully saturated rings. The van der Waals surface area contributed by atoms with Gasteiger partial charge in [0.05, 0.1) is 10.6 Å². The number of rotatable bonds is 5. The number of benzene rings is 2. The number of carbonyl (C=O) groups excluding carboxylic acids is 1. The number of aromatic nitrogens is 2. The molecule has 7 nitrogen and oxygen atoms in total.